The molecule has 0 radical (unpaired) electrons. The standard InChI is InChI=1S/C17H16N2O4/c1-19(22-2)15(20)10-18-14-9-16(21)23-17-12-6-4-3-5-11(12)7-8-13(14)17/h3-9,18H,10H2,1-2H3. The normalized spacial score (nSPS) is 10.9. The van der Waals surface area contributed by atoms with Crippen LogP contribution in [-0.4, -0.2) is 31.7 Å². The first-order chi connectivity index (χ1) is 11.1. The second-order valence-corrected chi connectivity index (χ2v) is 5.07. The molecule has 0 aliphatic carbocycles. The van der Waals surface area contributed by atoms with Crippen molar-refractivity contribution in [3.63, 3.8) is 0 Å². The number of benzene rings is 2. The number of hydrogen-bond donors (Lipinski definition) is 1. The Labute approximate surface area is 132 Å². The van der Waals surface area contributed by atoms with Crippen molar-refractivity contribution in [2.45, 2.75) is 0 Å². The van der Waals surface area contributed by atoms with Gasteiger partial charge in [-0.15, -0.1) is 0 Å². The van der Waals surface area contributed by atoms with E-state index in [-0.39, 0.29) is 12.5 Å². The average Bonchev–Trinajstić information content (AvgIpc) is 2.58. The van der Waals surface area contributed by atoms with Crippen LogP contribution in [0.15, 0.2) is 51.7 Å². The molecule has 0 unspecified atom stereocenters. The smallest absolute Gasteiger partial charge is 0.338 e. The molecule has 0 saturated carbocycles. The molecule has 118 valence electrons. The van der Waals surface area contributed by atoms with E-state index in [1.54, 1.807) is 0 Å². The molecule has 0 aliphatic heterocycles. The van der Waals surface area contributed by atoms with Gasteiger partial charge in [0.15, 0.2) is 0 Å². The highest BCUT2D eigenvalue weighted by Gasteiger charge is 2.12. The maximum Gasteiger partial charge on any atom is 0.338 e. The SMILES string of the molecule is CON(C)C(=O)CNc1cc(=O)oc2c1ccc1ccccc12. The number of hydrogen-bond acceptors (Lipinski definition) is 5. The van der Waals surface area contributed by atoms with E-state index >= 15 is 0 Å². The summed E-state index contributed by atoms with van der Waals surface area (Å²) in [5.74, 6) is -0.255. The summed E-state index contributed by atoms with van der Waals surface area (Å²) in [5.41, 5.74) is 0.592. The van der Waals surface area contributed by atoms with Crippen LogP contribution in [0.4, 0.5) is 5.69 Å². The van der Waals surface area contributed by atoms with Gasteiger partial charge in [0, 0.05) is 23.9 Å². The van der Waals surface area contributed by atoms with Gasteiger partial charge in [-0.25, -0.2) is 9.86 Å². The lowest BCUT2D eigenvalue weighted by atomic mass is 10.1. The Balaban J connectivity index is 2.05. The van der Waals surface area contributed by atoms with E-state index in [4.69, 9.17) is 9.25 Å². The summed E-state index contributed by atoms with van der Waals surface area (Å²) in [6.07, 6.45) is 0. The van der Waals surface area contributed by atoms with Crippen LogP contribution in [0.2, 0.25) is 0 Å². The zero-order valence-corrected chi connectivity index (χ0v) is 12.8. The van der Waals surface area contributed by atoms with E-state index in [9.17, 15) is 9.59 Å². The molecule has 1 N–H and O–H groups in total. The van der Waals surface area contributed by atoms with E-state index in [0.717, 1.165) is 21.2 Å². The summed E-state index contributed by atoms with van der Waals surface area (Å²) in [6.45, 7) is 0.00964. The van der Waals surface area contributed by atoms with Crippen molar-refractivity contribution < 1.29 is 14.0 Å². The highest BCUT2D eigenvalue weighted by molar-refractivity contribution is 6.08. The molecular formula is C17H16N2O4. The second kappa shape index (κ2) is 6.10. The Morgan fingerprint density at radius 2 is 2.00 bits per heavy atom. The summed E-state index contributed by atoms with van der Waals surface area (Å²) in [6, 6.07) is 12.8. The van der Waals surface area contributed by atoms with Gasteiger partial charge < -0.3 is 9.73 Å². The van der Waals surface area contributed by atoms with E-state index in [2.05, 4.69) is 5.32 Å². The zero-order valence-electron chi connectivity index (χ0n) is 12.8. The number of carbonyl (C=O) groups excluding carboxylic acids is 1. The van der Waals surface area contributed by atoms with Crippen molar-refractivity contribution in [3.05, 3.63) is 52.9 Å². The number of rotatable bonds is 4. The molecule has 6 heteroatoms. The van der Waals surface area contributed by atoms with Crippen LogP contribution in [0.5, 0.6) is 0 Å². The molecular weight excluding hydrogens is 296 g/mol. The lowest BCUT2D eigenvalue weighted by Gasteiger charge is -2.15. The average molecular weight is 312 g/mol. The van der Waals surface area contributed by atoms with Crippen molar-refractivity contribution >= 4 is 33.3 Å². The Hall–Kier alpha value is -2.86. The topological polar surface area (TPSA) is 71.8 Å². The molecule has 3 rings (SSSR count). The van der Waals surface area contributed by atoms with Crippen LogP contribution in [0, 0.1) is 0 Å². The molecule has 0 aliphatic rings. The fraction of sp³-hybridized carbons (Fsp3) is 0.176. The van der Waals surface area contributed by atoms with Crippen LogP contribution >= 0.6 is 0 Å². The molecule has 0 spiro atoms. The Kier molecular flexibility index (Phi) is 3.99. The second-order valence-electron chi connectivity index (χ2n) is 5.07. The number of nitrogens with zero attached hydrogens (tertiary/aromatic N) is 1. The first kappa shape index (κ1) is 15.1. The van der Waals surface area contributed by atoms with Gasteiger partial charge in [-0.2, -0.15) is 0 Å². The molecule has 0 fully saturated rings. The summed E-state index contributed by atoms with van der Waals surface area (Å²) in [7, 11) is 2.94. The van der Waals surface area contributed by atoms with E-state index in [0.29, 0.717) is 11.3 Å². The van der Waals surface area contributed by atoms with Gasteiger partial charge >= 0.3 is 5.63 Å². The Morgan fingerprint density at radius 1 is 1.22 bits per heavy atom. The fourth-order valence-electron chi connectivity index (χ4n) is 2.42. The largest absolute Gasteiger partial charge is 0.422 e. The quantitative estimate of drug-likeness (QED) is 0.455. The van der Waals surface area contributed by atoms with Crippen LogP contribution in [0.3, 0.4) is 0 Å². The molecule has 1 aromatic heterocycles. The van der Waals surface area contributed by atoms with Crippen LogP contribution in [0.1, 0.15) is 0 Å². The lowest BCUT2D eigenvalue weighted by Crippen LogP contribution is -2.31. The van der Waals surface area contributed by atoms with Gasteiger partial charge in [-0.1, -0.05) is 30.3 Å². The Bertz CT molecular complexity index is 933. The minimum atomic E-state index is -0.469. The molecule has 0 atom stereocenters. The number of nitrogens with one attached hydrogen (secondary N) is 1. The van der Waals surface area contributed by atoms with E-state index < -0.39 is 5.63 Å². The van der Waals surface area contributed by atoms with Crippen LogP contribution in [0.25, 0.3) is 21.7 Å². The number of likely N-dealkylation sites (N-methyl/N-ethyl adjacent to an activating group) is 1. The summed E-state index contributed by atoms with van der Waals surface area (Å²) in [5, 5.41) is 6.68. The lowest BCUT2D eigenvalue weighted by molar-refractivity contribution is -0.166. The minimum Gasteiger partial charge on any atom is -0.422 e. The molecule has 6 nitrogen and oxygen atoms in total. The van der Waals surface area contributed by atoms with Gasteiger partial charge in [-0.3, -0.25) is 9.63 Å². The van der Waals surface area contributed by atoms with Gasteiger partial charge in [0.2, 0.25) is 0 Å². The predicted octanol–water partition coefficient (Wildman–Crippen LogP) is 2.38. The summed E-state index contributed by atoms with van der Waals surface area (Å²) < 4.78 is 5.38. The summed E-state index contributed by atoms with van der Waals surface area (Å²) >= 11 is 0. The molecule has 23 heavy (non-hydrogen) atoms. The zero-order chi connectivity index (χ0) is 16.4. The third kappa shape index (κ3) is 2.89. The molecule has 3 aromatic rings. The van der Waals surface area contributed by atoms with Crippen molar-refractivity contribution in [1.29, 1.82) is 0 Å². The molecule has 1 heterocycles. The number of amides is 1. The van der Waals surface area contributed by atoms with Crippen LogP contribution < -0.4 is 10.9 Å². The summed E-state index contributed by atoms with van der Waals surface area (Å²) in [4.78, 5) is 28.5. The van der Waals surface area contributed by atoms with Gasteiger partial charge in [0.25, 0.3) is 5.91 Å². The number of fused-ring (bicyclic) bond motifs is 3. The van der Waals surface area contributed by atoms with Gasteiger partial charge in [0.1, 0.15) is 5.58 Å². The fourth-order valence-corrected chi connectivity index (χ4v) is 2.42. The van der Waals surface area contributed by atoms with Gasteiger partial charge in [0.05, 0.1) is 19.3 Å². The minimum absolute atomic E-state index is 0.00964. The maximum absolute atomic E-state index is 11.9. The maximum atomic E-state index is 11.9. The van der Waals surface area contributed by atoms with Crippen molar-refractivity contribution in [3.8, 4) is 0 Å². The number of anilines is 1. The number of carbonyl (C=O) groups is 1. The molecule has 0 saturated heterocycles. The number of hydroxylamine groups is 2. The highest BCUT2D eigenvalue weighted by Crippen LogP contribution is 2.28. The van der Waals surface area contributed by atoms with Crippen LogP contribution in [-0.2, 0) is 9.63 Å². The molecule has 2 aromatic carbocycles. The first-order valence-corrected chi connectivity index (χ1v) is 7.10. The van der Waals surface area contributed by atoms with E-state index in [1.807, 2.05) is 36.4 Å². The first-order valence-electron chi connectivity index (χ1n) is 7.10. The predicted molar refractivity (Wildman–Crippen MR) is 88.3 cm³/mol. The molecule has 0 bridgehead atoms. The third-order valence-electron chi connectivity index (χ3n) is 3.69. The Morgan fingerprint density at radius 3 is 2.78 bits per heavy atom. The van der Waals surface area contributed by atoms with E-state index in [1.165, 1.54) is 20.2 Å². The third-order valence-corrected chi connectivity index (χ3v) is 3.69. The highest BCUT2D eigenvalue weighted by atomic mass is 16.7. The van der Waals surface area contributed by atoms with Crippen molar-refractivity contribution in [2.24, 2.45) is 0 Å². The van der Waals surface area contributed by atoms with Crippen molar-refractivity contribution in [2.75, 3.05) is 26.0 Å². The molecule has 1 amide bonds. The van der Waals surface area contributed by atoms with Gasteiger partial charge in [-0.05, 0) is 11.5 Å². The van der Waals surface area contributed by atoms with Crippen molar-refractivity contribution in [1.82, 2.24) is 5.06 Å². The monoisotopic (exact) mass is 312 g/mol.